The molecule has 2 rings (SSSR count). The molecule has 5 heteroatoms. The van der Waals surface area contributed by atoms with Crippen LogP contribution < -0.4 is 5.73 Å². The van der Waals surface area contributed by atoms with Crippen molar-refractivity contribution in [2.45, 2.75) is 13.5 Å². The van der Waals surface area contributed by atoms with Crippen molar-refractivity contribution in [2.24, 2.45) is 12.8 Å². The Labute approximate surface area is 101 Å². The Morgan fingerprint density at radius 2 is 2.00 bits per heavy atom. The highest BCUT2D eigenvalue weighted by atomic mass is 35.5. The zero-order valence-electron chi connectivity index (χ0n) is 8.73. The van der Waals surface area contributed by atoms with Gasteiger partial charge in [-0.2, -0.15) is 0 Å². The molecule has 0 aliphatic heterocycles. The van der Waals surface area contributed by atoms with Crippen molar-refractivity contribution in [1.82, 2.24) is 9.55 Å². The summed E-state index contributed by atoms with van der Waals surface area (Å²) in [6, 6.07) is 4.10. The van der Waals surface area contributed by atoms with Gasteiger partial charge in [0.1, 0.15) is 0 Å². The van der Waals surface area contributed by atoms with Gasteiger partial charge in [0, 0.05) is 13.6 Å². The first-order valence-electron chi connectivity index (χ1n) is 4.33. The Kier molecular flexibility index (Phi) is 5.08. The smallest absolute Gasteiger partial charge is 0.0955 e. The molecule has 0 atom stereocenters. The first-order valence-corrected chi connectivity index (χ1v) is 4.33. The Hall–Kier alpha value is -0.770. The molecule has 0 aliphatic carbocycles. The quantitative estimate of drug-likeness (QED) is 0.840. The number of benzene rings is 1. The van der Waals surface area contributed by atoms with Crippen LogP contribution in [0.5, 0.6) is 0 Å². The maximum absolute atomic E-state index is 5.70. The summed E-state index contributed by atoms with van der Waals surface area (Å²) < 4.78 is 2.02. The summed E-state index contributed by atoms with van der Waals surface area (Å²) >= 11 is 0. The maximum atomic E-state index is 5.70. The van der Waals surface area contributed by atoms with Crippen LogP contribution in [0.15, 0.2) is 18.5 Å². The van der Waals surface area contributed by atoms with Crippen LogP contribution in [0.25, 0.3) is 11.0 Å². The first kappa shape index (κ1) is 14.2. The highest BCUT2D eigenvalue weighted by molar-refractivity contribution is 5.85. The number of halogens is 2. The minimum absolute atomic E-state index is 0. The van der Waals surface area contributed by atoms with Gasteiger partial charge in [0.25, 0.3) is 0 Å². The standard InChI is InChI=1S/C10H13N3.2ClH/c1-7-3-4-9-10(8(7)5-11)13(2)6-12-9;;/h3-4,6H,5,11H2,1-2H3;2*1H. The second-order valence-corrected chi connectivity index (χ2v) is 3.29. The molecule has 2 N–H and O–H groups in total. The molecular weight excluding hydrogens is 233 g/mol. The SMILES string of the molecule is Cc1ccc2ncn(C)c2c1CN.Cl.Cl. The molecule has 1 aromatic heterocycles. The summed E-state index contributed by atoms with van der Waals surface area (Å²) in [5, 5.41) is 0. The summed E-state index contributed by atoms with van der Waals surface area (Å²) in [5.41, 5.74) is 10.3. The second kappa shape index (κ2) is 5.35. The van der Waals surface area contributed by atoms with Crippen LogP contribution in [0.2, 0.25) is 0 Å². The third kappa shape index (κ3) is 2.25. The Balaban J connectivity index is 0.000000980. The average Bonchev–Trinajstić information content (AvgIpc) is 2.49. The molecule has 0 amide bonds. The Bertz CT molecular complexity index is 451. The van der Waals surface area contributed by atoms with Gasteiger partial charge in [0.05, 0.1) is 17.4 Å². The van der Waals surface area contributed by atoms with E-state index in [4.69, 9.17) is 5.73 Å². The van der Waals surface area contributed by atoms with E-state index < -0.39 is 0 Å². The van der Waals surface area contributed by atoms with E-state index in [1.165, 1.54) is 11.1 Å². The van der Waals surface area contributed by atoms with E-state index in [0.29, 0.717) is 6.54 Å². The van der Waals surface area contributed by atoms with Crippen molar-refractivity contribution in [3.05, 3.63) is 29.6 Å². The van der Waals surface area contributed by atoms with Crippen molar-refractivity contribution in [1.29, 1.82) is 0 Å². The van der Waals surface area contributed by atoms with Gasteiger partial charge in [0.15, 0.2) is 0 Å². The van der Waals surface area contributed by atoms with Gasteiger partial charge in [-0.1, -0.05) is 6.07 Å². The maximum Gasteiger partial charge on any atom is 0.0955 e. The summed E-state index contributed by atoms with van der Waals surface area (Å²) in [6.07, 6.45) is 1.82. The van der Waals surface area contributed by atoms with Crippen LogP contribution in [0.1, 0.15) is 11.1 Å². The number of aryl methyl sites for hydroxylation is 2. The highest BCUT2D eigenvalue weighted by Crippen LogP contribution is 2.19. The van der Waals surface area contributed by atoms with Gasteiger partial charge in [-0.15, -0.1) is 24.8 Å². The molecule has 0 fully saturated rings. The molecule has 0 spiro atoms. The molecule has 15 heavy (non-hydrogen) atoms. The minimum Gasteiger partial charge on any atom is -0.333 e. The van der Waals surface area contributed by atoms with Crippen LogP contribution >= 0.6 is 24.8 Å². The normalized spacial score (nSPS) is 9.53. The number of imidazole rings is 1. The zero-order valence-corrected chi connectivity index (χ0v) is 10.4. The average molecular weight is 248 g/mol. The largest absolute Gasteiger partial charge is 0.333 e. The molecule has 0 aliphatic rings. The van der Waals surface area contributed by atoms with Gasteiger partial charge in [-0.3, -0.25) is 0 Å². The number of rotatable bonds is 1. The topological polar surface area (TPSA) is 43.8 Å². The molecule has 0 unspecified atom stereocenters. The summed E-state index contributed by atoms with van der Waals surface area (Å²) in [6.45, 7) is 2.65. The van der Waals surface area contributed by atoms with E-state index >= 15 is 0 Å². The lowest BCUT2D eigenvalue weighted by Gasteiger charge is -2.05. The zero-order chi connectivity index (χ0) is 9.42. The third-order valence-corrected chi connectivity index (χ3v) is 2.42. The van der Waals surface area contributed by atoms with Crippen molar-refractivity contribution < 1.29 is 0 Å². The van der Waals surface area contributed by atoms with Crippen LogP contribution in [0, 0.1) is 6.92 Å². The van der Waals surface area contributed by atoms with Crippen LogP contribution in [0.3, 0.4) is 0 Å². The molecule has 0 radical (unpaired) electrons. The van der Waals surface area contributed by atoms with E-state index in [0.717, 1.165) is 11.0 Å². The lowest BCUT2D eigenvalue weighted by atomic mass is 10.1. The van der Waals surface area contributed by atoms with Crippen molar-refractivity contribution in [2.75, 3.05) is 0 Å². The van der Waals surface area contributed by atoms with Crippen LogP contribution in [-0.2, 0) is 13.6 Å². The van der Waals surface area contributed by atoms with Crippen molar-refractivity contribution >= 4 is 35.8 Å². The fourth-order valence-electron chi connectivity index (χ4n) is 1.69. The number of nitrogens with zero attached hydrogens (tertiary/aromatic N) is 2. The lowest BCUT2D eigenvalue weighted by molar-refractivity contribution is 0.930. The predicted molar refractivity (Wildman–Crippen MR) is 67.8 cm³/mol. The number of hydrogen-bond donors (Lipinski definition) is 1. The van der Waals surface area contributed by atoms with Gasteiger partial charge >= 0.3 is 0 Å². The third-order valence-electron chi connectivity index (χ3n) is 2.42. The molecule has 3 nitrogen and oxygen atoms in total. The lowest BCUT2D eigenvalue weighted by Crippen LogP contribution is -2.02. The summed E-state index contributed by atoms with van der Waals surface area (Å²) in [5.74, 6) is 0. The van der Waals surface area contributed by atoms with Gasteiger partial charge < -0.3 is 10.3 Å². The number of fused-ring (bicyclic) bond motifs is 1. The van der Waals surface area contributed by atoms with E-state index in [1.807, 2.05) is 24.0 Å². The molecule has 2 aromatic rings. The molecule has 1 heterocycles. The summed E-state index contributed by atoms with van der Waals surface area (Å²) in [7, 11) is 1.99. The predicted octanol–water partition coefficient (Wildman–Crippen LogP) is 2.18. The highest BCUT2D eigenvalue weighted by Gasteiger charge is 2.06. The van der Waals surface area contributed by atoms with E-state index in [1.54, 1.807) is 0 Å². The van der Waals surface area contributed by atoms with Gasteiger partial charge in [0.2, 0.25) is 0 Å². The Morgan fingerprint density at radius 1 is 1.33 bits per heavy atom. The van der Waals surface area contributed by atoms with E-state index in [9.17, 15) is 0 Å². The monoisotopic (exact) mass is 247 g/mol. The molecule has 0 saturated carbocycles. The summed E-state index contributed by atoms with van der Waals surface area (Å²) in [4.78, 5) is 4.28. The van der Waals surface area contributed by atoms with Gasteiger partial charge in [-0.05, 0) is 24.1 Å². The number of aromatic nitrogens is 2. The van der Waals surface area contributed by atoms with Crippen molar-refractivity contribution in [3.63, 3.8) is 0 Å². The molecule has 1 aromatic carbocycles. The number of hydrogen-bond acceptors (Lipinski definition) is 2. The molecule has 0 bridgehead atoms. The first-order chi connectivity index (χ1) is 6.24. The molecule has 84 valence electrons. The molecular formula is C10H15Cl2N3. The van der Waals surface area contributed by atoms with Crippen molar-refractivity contribution in [3.8, 4) is 0 Å². The second-order valence-electron chi connectivity index (χ2n) is 3.29. The minimum atomic E-state index is 0. The van der Waals surface area contributed by atoms with Gasteiger partial charge in [-0.25, -0.2) is 4.98 Å². The fraction of sp³-hybridized carbons (Fsp3) is 0.300. The number of nitrogens with two attached hydrogens (primary N) is 1. The molecule has 0 saturated heterocycles. The van der Waals surface area contributed by atoms with Crippen LogP contribution in [0.4, 0.5) is 0 Å². The fourth-order valence-corrected chi connectivity index (χ4v) is 1.69. The van der Waals surface area contributed by atoms with Crippen LogP contribution in [-0.4, -0.2) is 9.55 Å². The Morgan fingerprint density at radius 3 is 2.60 bits per heavy atom. The van der Waals surface area contributed by atoms with E-state index in [-0.39, 0.29) is 24.8 Å². The van der Waals surface area contributed by atoms with E-state index in [2.05, 4.69) is 18.0 Å².